The number of amides is 2. The summed E-state index contributed by atoms with van der Waals surface area (Å²) in [5.74, 6) is -1.54. The molecule has 6 heteroatoms. The molecule has 1 unspecified atom stereocenters. The van der Waals surface area contributed by atoms with Crippen molar-refractivity contribution in [2.24, 2.45) is 0 Å². The Morgan fingerprint density at radius 2 is 2.16 bits per heavy atom. The Hall–Kier alpha value is -2.37. The van der Waals surface area contributed by atoms with E-state index in [1.54, 1.807) is 18.2 Å². The number of nitrogens with zero attached hydrogens (tertiary/aromatic N) is 1. The summed E-state index contributed by atoms with van der Waals surface area (Å²) in [7, 11) is 1.51. The summed E-state index contributed by atoms with van der Waals surface area (Å²) in [6.45, 7) is 0. The smallest absolute Gasteiger partial charge is 0.326 e. The van der Waals surface area contributed by atoms with E-state index in [0.29, 0.717) is 17.7 Å². The Morgan fingerprint density at radius 1 is 1.42 bits per heavy atom. The largest absolute Gasteiger partial charge is 0.480 e. The summed E-state index contributed by atoms with van der Waals surface area (Å²) in [5, 5.41) is 11.6. The van der Waals surface area contributed by atoms with Crippen molar-refractivity contribution >= 4 is 23.5 Å². The van der Waals surface area contributed by atoms with Gasteiger partial charge in [-0.25, -0.2) is 4.79 Å². The van der Waals surface area contributed by atoms with Gasteiger partial charge in [-0.05, 0) is 24.6 Å². The molecule has 2 amide bonds. The summed E-state index contributed by atoms with van der Waals surface area (Å²) in [6.07, 6.45) is 0.500. The molecule has 1 atom stereocenters. The standard InChI is InChI=1S/C13H14N2O4/c1-14-12(17)8-3-2-4-9(7-8)15-10(13(18)19)5-6-11(15)16/h2-4,7,10H,5-6H2,1H3,(H,14,17)(H,18,19). The molecule has 1 fully saturated rings. The van der Waals surface area contributed by atoms with Gasteiger partial charge in [0, 0.05) is 24.7 Å². The monoisotopic (exact) mass is 262 g/mol. The van der Waals surface area contributed by atoms with E-state index in [2.05, 4.69) is 5.32 Å². The zero-order chi connectivity index (χ0) is 14.0. The van der Waals surface area contributed by atoms with Crippen molar-refractivity contribution in [2.75, 3.05) is 11.9 Å². The maximum absolute atomic E-state index is 11.8. The minimum atomic E-state index is -1.03. The van der Waals surface area contributed by atoms with Crippen LogP contribution < -0.4 is 10.2 Å². The van der Waals surface area contributed by atoms with E-state index in [1.807, 2.05) is 0 Å². The van der Waals surface area contributed by atoms with E-state index in [1.165, 1.54) is 18.0 Å². The van der Waals surface area contributed by atoms with Gasteiger partial charge in [-0.2, -0.15) is 0 Å². The van der Waals surface area contributed by atoms with Crippen molar-refractivity contribution < 1.29 is 19.5 Å². The lowest BCUT2D eigenvalue weighted by molar-refractivity contribution is -0.138. The van der Waals surface area contributed by atoms with Gasteiger partial charge in [0.25, 0.3) is 5.91 Å². The molecule has 0 radical (unpaired) electrons. The minimum absolute atomic E-state index is 0.209. The first-order chi connectivity index (χ1) is 9.04. The minimum Gasteiger partial charge on any atom is -0.480 e. The van der Waals surface area contributed by atoms with Crippen LogP contribution in [0.25, 0.3) is 0 Å². The first-order valence-corrected chi connectivity index (χ1v) is 5.91. The van der Waals surface area contributed by atoms with Crippen LogP contribution in [0.2, 0.25) is 0 Å². The Labute approximate surface area is 110 Å². The summed E-state index contributed by atoms with van der Waals surface area (Å²) in [6, 6.07) is 5.54. The number of carboxylic acids is 1. The third-order valence-corrected chi connectivity index (χ3v) is 3.11. The first-order valence-electron chi connectivity index (χ1n) is 5.91. The predicted octanol–water partition coefficient (Wildman–Crippen LogP) is 0.626. The van der Waals surface area contributed by atoms with Crippen molar-refractivity contribution in [2.45, 2.75) is 18.9 Å². The number of hydrogen-bond acceptors (Lipinski definition) is 3. The number of hydrogen-bond donors (Lipinski definition) is 2. The van der Waals surface area contributed by atoms with Gasteiger partial charge in [-0.3, -0.25) is 14.5 Å². The second-order valence-corrected chi connectivity index (χ2v) is 4.29. The maximum atomic E-state index is 11.8. The van der Waals surface area contributed by atoms with Crippen molar-refractivity contribution in [1.82, 2.24) is 5.32 Å². The number of carboxylic acid groups (broad SMARTS) is 1. The lowest BCUT2D eigenvalue weighted by Crippen LogP contribution is -2.38. The van der Waals surface area contributed by atoms with Crippen molar-refractivity contribution in [1.29, 1.82) is 0 Å². The molecule has 2 rings (SSSR count). The molecule has 100 valence electrons. The number of aliphatic carboxylic acids is 1. The van der Waals surface area contributed by atoms with Gasteiger partial charge in [-0.1, -0.05) is 6.07 Å². The van der Waals surface area contributed by atoms with Crippen LogP contribution in [-0.4, -0.2) is 36.0 Å². The van der Waals surface area contributed by atoms with Gasteiger partial charge in [0.2, 0.25) is 5.91 Å². The normalized spacial score (nSPS) is 18.5. The predicted molar refractivity (Wildman–Crippen MR) is 68.0 cm³/mol. The quantitative estimate of drug-likeness (QED) is 0.836. The average molecular weight is 262 g/mol. The van der Waals surface area contributed by atoms with Gasteiger partial charge in [-0.15, -0.1) is 0 Å². The lowest BCUT2D eigenvalue weighted by atomic mass is 10.1. The Kier molecular flexibility index (Phi) is 3.50. The summed E-state index contributed by atoms with van der Waals surface area (Å²) < 4.78 is 0. The molecule has 1 aromatic carbocycles. The molecular weight excluding hydrogens is 248 g/mol. The summed E-state index contributed by atoms with van der Waals surface area (Å²) in [4.78, 5) is 35.7. The van der Waals surface area contributed by atoms with E-state index < -0.39 is 12.0 Å². The van der Waals surface area contributed by atoms with E-state index >= 15 is 0 Å². The van der Waals surface area contributed by atoms with Crippen molar-refractivity contribution in [3.05, 3.63) is 29.8 Å². The number of carbonyl (C=O) groups excluding carboxylic acids is 2. The van der Waals surface area contributed by atoms with Gasteiger partial charge < -0.3 is 10.4 Å². The van der Waals surface area contributed by atoms with E-state index in [9.17, 15) is 14.4 Å². The van der Waals surface area contributed by atoms with Crippen LogP contribution in [0.15, 0.2) is 24.3 Å². The number of nitrogens with one attached hydrogen (secondary N) is 1. The van der Waals surface area contributed by atoms with Crippen LogP contribution in [0.3, 0.4) is 0 Å². The second-order valence-electron chi connectivity index (χ2n) is 4.29. The average Bonchev–Trinajstić information content (AvgIpc) is 2.80. The summed E-state index contributed by atoms with van der Waals surface area (Å²) in [5.41, 5.74) is 0.833. The van der Waals surface area contributed by atoms with Crippen molar-refractivity contribution in [3.63, 3.8) is 0 Å². The van der Waals surface area contributed by atoms with Gasteiger partial charge in [0.05, 0.1) is 0 Å². The Balaban J connectivity index is 2.37. The van der Waals surface area contributed by atoms with Crippen LogP contribution in [0.1, 0.15) is 23.2 Å². The molecule has 1 aliphatic rings. The molecular formula is C13H14N2O4. The molecule has 0 saturated carbocycles. The summed E-state index contributed by atoms with van der Waals surface area (Å²) >= 11 is 0. The van der Waals surface area contributed by atoms with Crippen LogP contribution >= 0.6 is 0 Å². The third kappa shape index (κ3) is 2.42. The highest BCUT2D eigenvalue weighted by molar-refractivity contribution is 6.03. The van der Waals surface area contributed by atoms with E-state index in [-0.39, 0.29) is 18.2 Å². The van der Waals surface area contributed by atoms with Crippen LogP contribution in [-0.2, 0) is 9.59 Å². The molecule has 19 heavy (non-hydrogen) atoms. The van der Waals surface area contributed by atoms with Crippen molar-refractivity contribution in [3.8, 4) is 0 Å². The number of anilines is 1. The maximum Gasteiger partial charge on any atom is 0.326 e. The van der Waals surface area contributed by atoms with Gasteiger partial charge in [0.15, 0.2) is 0 Å². The van der Waals surface area contributed by atoms with Crippen LogP contribution in [0, 0.1) is 0 Å². The highest BCUT2D eigenvalue weighted by Crippen LogP contribution is 2.27. The highest BCUT2D eigenvalue weighted by atomic mass is 16.4. The third-order valence-electron chi connectivity index (χ3n) is 3.11. The molecule has 0 aromatic heterocycles. The molecule has 0 aliphatic carbocycles. The fraction of sp³-hybridized carbons (Fsp3) is 0.308. The Morgan fingerprint density at radius 3 is 2.79 bits per heavy atom. The number of carbonyl (C=O) groups is 3. The molecule has 1 aromatic rings. The molecule has 2 N–H and O–H groups in total. The Bertz CT molecular complexity index is 541. The molecule has 0 spiro atoms. The molecule has 6 nitrogen and oxygen atoms in total. The van der Waals surface area contributed by atoms with Crippen LogP contribution in [0.4, 0.5) is 5.69 Å². The zero-order valence-corrected chi connectivity index (χ0v) is 10.4. The van der Waals surface area contributed by atoms with E-state index in [4.69, 9.17) is 5.11 Å². The van der Waals surface area contributed by atoms with E-state index in [0.717, 1.165) is 0 Å². The molecule has 1 aliphatic heterocycles. The highest BCUT2D eigenvalue weighted by Gasteiger charge is 2.37. The molecule has 1 saturated heterocycles. The zero-order valence-electron chi connectivity index (χ0n) is 10.4. The number of rotatable bonds is 3. The van der Waals surface area contributed by atoms with Gasteiger partial charge >= 0.3 is 5.97 Å². The van der Waals surface area contributed by atoms with Gasteiger partial charge in [0.1, 0.15) is 6.04 Å². The second kappa shape index (κ2) is 5.09. The first kappa shape index (κ1) is 13.1. The van der Waals surface area contributed by atoms with Crippen LogP contribution in [0.5, 0.6) is 0 Å². The number of benzene rings is 1. The fourth-order valence-corrected chi connectivity index (χ4v) is 2.18. The topological polar surface area (TPSA) is 86.7 Å². The SMILES string of the molecule is CNC(=O)c1cccc(N2C(=O)CCC2C(=O)O)c1. The lowest BCUT2D eigenvalue weighted by Gasteiger charge is -2.22. The molecule has 0 bridgehead atoms. The fourth-order valence-electron chi connectivity index (χ4n) is 2.18. The molecule has 1 heterocycles.